The fourth-order valence-electron chi connectivity index (χ4n) is 6.69. The van der Waals surface area contributed by atoms with Gasteiger partial charge in [0.25, 0.3) is 0 Å². The summed E-state index contributed by atoms with van der Waals surface area (Å²) >= 11 is 0. The molecule has 8 rings (SSSR count). The lowest BCUT2D eigenvalue weighted by atomic mass is 9.79. The lowest BCUT2D eigenvalue weighted by molar-refractivity contribution is -0.128. The normalized spacial score (nSPS) is 16.8. The number of hydrogen-bond acceptors (Lipinski definition) is 8. The van der Waals surface area contributed by atoms with Gasteiger partial charge in [-0.3, -0.25) is 9.59 Å². The number of likely N-dealkylation sites (tertiary alicyclic amines) is 1. The fraction of sp³-hybridized carbons (Fsp3) is 0.242. The molecule has 45 heavy (non-hydrogen) atoms. The van der Waals surface area contributed by atoms with E-state index in [4.69, 9.17) is 9.72 Å². The average Bonchev–Trinajstić information content (AvgIpc) is 3.78. The van der Waals surface area contributed by atoms with Crippen molar-refractivity contribution in [2.24, 2.45) is 0 Å². The molecule has 1 atom stereocenters. The van der Waals surface area contributed by atoms with Crippen molar-refractivity contribution in [1.29, 1.82) is 0 Å². The number of rotatable bonds is 6. The van der Waals surface area contributed by atoms with E-state index in [0.717, 1.165) is 51.5 Å². The van der Waals surface area contributed by atoms with Gasteiger partial charge in [-0.1, -0.05) is 18.2 Å². The Morgan fingerprint density at radius 2 is 1.87 bits per heavy atom. The van der Waals surface area contributed by atoms with Crippen molar-refractivity contribution in [2.75, 3.05) is 18.1 Å². The molecule has 0 radical (unpaired) electrons. The molecule has 2 aliphatic heterocycles. The van der Waals surface area contributed by atoms with Crippen LogP contribution in [0.1, 0.15) is 35.1 Å². The third-order valence-electron chi connectivity index (χ3n) is 8.97. The third kappa shape index (κ3) is 4.63. The fourth-order valence-corrected chi connectivity index (χ4v) is 7.25. The molecule has 5 heterocycles. The Bertz CT molecular complexity index is 2120. The summed E-state index contributed by atoms with van der Waals surface area (Å²) in [5.41, 5.74) is 5.72. The van der Waals surface area contributed by atoms with E-state index in [0.29, 0.717) is 55.5 Å². The van der Waals surface area contributed by atoms with Gasteiger partial charge < -0.3 is 19.9 Å². The number of imidazole rings is 1. The van der Waals surface area contributed by atoms with Crippen LogP contribution in [0.3, 0.4) is 0 Å². The summed E-state index contributed by atoms with van der Waals surface area (Å²) in [6.07, 6.45) is 6.69. The summed E-state index contributed by atoms with van der Waals surface area (Å²) in [4.78, 5) is 44.1. The van der Waals surface area contributed by atoms with Gasteiger partial charge in [0.1, 0.15) is 23.1 Å². The van der Waals surface area contributed by atoms with Crippen molar-refractivity contribution >= 4 is 38.5 Å². The van der Waals surface area contributed by atoms with E-state index in [-0.39, 0.29) is 16.8 Å². The van der Waals surface area contributed by atoms with Crippen molar-refractivity contribution in [1.82, 2.24) is 24.8 Å². The van der Waals surface area contributed by atoms with Gasteiger partial charge in [-0.25, -0.2) is 23.4 Å². The quantitative estimate of drug-likeness (QED) is 0.285. The number of aromatic amines is 1. The number of aromatic nitrogens is 4. The van der Waals surface area contributed by atoms with Crippen molar-refractivity contribution < 1.29 is 22.7 Å². The number of anilines is 1. The van der Waals surface area contributed by atoms with E-state index in [1.807, 2.05) is 30.3 Å². The molecule has 2 N–H and O–H groups in total. The zero-order chi connectivity index (χ0) is 30.9. The first-order valence-corrected chi connectivity index (χ1v) is 16.6. The smallest absolute Gasteiger partial charge is 0.237 e. The number of nitrogens with one attached hydrogen (secondary N) is 2. The minimum atomic E-state index is -3.45. The summed E-state index contributed by atoms with van der Waals surface area (Å²) < 4.78 is 30.0. The van der Waals surface area contributed by atoms with Crippen LogP contribution >= 0.6 is 0 Å². The molecule has 2 aromatic carbocycles. The molecule has 3 aromatic heterocycles. The summed E-state index contributed by atoms with van der Waals surface area (Å²) in [6.45, 7) is 1.08. The van der Waals surface area contributed by atoms with Crippen LogP contribution in [0.4, 0.5) is 5.82 Å². The Labute approximate surface area is 258 Å². The summed E-state index contributed by atoms with van der Waals surface area (Å²) in [6, 6.07) is 16.7. The predicted octanol–water partition coefficient (Wildman–Crippen LogP) is 4.33. The highest BCUT2D eigenvalue weighted by Gasteiger charge is 2.51. The number of ether oxygens (including phenoxy) is 1. The number of nitrogens with zero attached hydrogens (tertiary/aromatic N) is 4. The van der Waals surface area contributed by atoms with E-state index in [9.17, 15) is 18.0 Å². The van der Waals surface area contributed by atoms with Crippen molar-refractivity contribution in [3.05, 3.63) is 89.2 Å². The number of pyridine rings is 2. The molecule has 1 unspecified atom stereocenters. The van der Waals surface area contributed by atoms with Crippen molar-refractivity contribution in [2.45, 2.75) is 42.7 Å². The van der Waals surface area contributed by atoms with Crippen LogP contribution in [0.5, 0.6) is 11.5 Å². The maximum Gasteiger partial charge on any atom is 0.237 e. The average molecular weight is 621 g/mol. The first kappa shape index (κ1) is 27.4. The highest BCUT2D eigenvalue weighted by atomic mass is 32.2. The SMILES string of the molecule is CS(=O)(=O)c1ccc(Oc2cc(-c3nc4cc5c(cc4[nH]3)CC3(C5)C(=O)Nc4ncccc43)ccc2CN2CCCC2=O)cn1. The zero-order valence-corrected chi connectivity index (χ0v) is 25.1. The van der Waals surface area contributed by atoms with Gasteiger partial charge in [0.2, 0.25) is 11.8 Å². The molecule has 12 heteroatoms. The van der Waals surface area contributed by atoms with Gasteiger partial charge in [0.05, 0.1) is 22.6 Å². The van der Waals surface area contributed by atoms with Crippen LogP contribution < -0.4 is 10.1 Å². The Balaban J connectivity index is 1.12. The molecule has 3 aliphatic rings. The second-order valence-electron chi connectivity index (χ2n) is 12.0. The number of benzene rings is 2. The van der Waals surface area contributed by atoms with Crippen molar-refractivity contribution in [3.8, 4) is 22.9 Å². The predicted molar refractivity (Wildman–Crippen MR) is 166 cm³/mol. The first-order chi connectivity index (χ1) is 21.7. The number of amides is 2. The van der Waals surface area contributed by atoms with E-state index in [1.165, 1.54) is 12.3 Å². The van der Waals surface area contributed by atoms with Crippen LogP contribution in [-0.4, -0.2) is 57.9 Å². The van der Waals surface area contributed by atoms with Gasteiger partial charge in [-0.05, 0) is 66.8 Å². The van der Waals surface area contributed by atoms with Crippen LogP contribution in [0.15, 0.2) is 72.0 Å². The zero-order valence-electron chi connectivity index (χ0n) is 24.3. The molecular weight excluding hydrogens is 592 g/mol. The van der Waals surface area contributed by atoms with Gasteiger partial charge in [0.15, 0.2) is 14.9 Å². The molecule has 226 valence electrons. The molecule has 1 fully saturated rings. The lowest BCUT2D eigenvalue weighted by Gasteiger charge is -2.20. The largest absolute Gasteiger partial charge is 0.455 e. The minimum Gasteiger partial charge on any atom is -0.455 e. The van der Waals surface area contributed by atoms with E-state index in [1.54, 1.807) is 17.2 Å². The maximum atomic E-state index is 13.1. The Hall–Kier alpha value is -5.10. The molecule has 1 spiro atoms. The number of sulfone groups is 1. The molecule has 11 nitrogen and oxygen atoms in total. The monoisotopic (exact) mass is 620 g/mol. The summed E-state index contributed by atoms with van der Waals surface area (Å²) in [5, 5.41) is 2.91. The van der Waals surface area contributed by atoms with E-state index < -0.39 is 15.3 Å². The Kier molecular flexibility index (Phi) is 6.08. The van der Waals surface area contributed by atoms with Gasteiger partial charge in [-0.2, -0.15) is 0 Å². The molecule has 5 aromatic rings. The molecule has 1 saturated heterocycles. The topological polar surface area (TPSA) is 147 Å². The van der Waals surface area contributed by atoms with Gasteiger partial charge in [0, 0.05) is 48.7 Å². The maximum absolute atomic E-state index is 13.1. The van der Waals surface area contributed by atoms with Gasteiger partial charge >= 0.3 is 0 Å². The Morgan fingerprint density at radius 3 is 2.62 bits per heavy atom. The molecular formula is C33H28N6O5S. The number of fused-ring (bicyclic) bond motifs is 4. The van der Waals surface area contributed by atoms with Crippen LogP contribution in [-0.2, 0) is 44.2 Å². The second kappa shape index (κ2) is 9.96. The molecule has 0 saturated carbocycles. The lowest BCUT2D eigenvalue weighted by Crippen LogP contribution is -2.35. The van der Waals surface area contributed by atoms with E-state index >= 15 is 0 Å². The van der Waals surface area contributed by atoms with E-state index in [2.05, 4.69) is 32.4 Å². The summed E-state index contributed by atoms with van der Waals surface area (Å²) in [5.74, 6) is 2.26. The summed E-state index contributed by atoms with van der Waals surface area (Å²) in [7, 11) is -3.45. The first-order valence-electron chi connectivity index (χ1n) is 14.7. The standard InChI is InChI=1S/C33H28N6O5S/c1-45(42,43)28-9-8-23(17-35-28)44-27-14-19(6-7-20(27)18-39-11-3-5-29(39)40)30-36-25-12-21-15-33(16-22(21)13-26(25)37-30)24-4-2-10-34-31(24)38-32(33)41/h2,4,6-10,12-14,17H,3,5,11,15-16,18H2,1H3,(H,36,37)(H,34,38,41). The molecule has 0 bridgehead atoms. The Morgan fingerprint density at radius 1 is 1.02 bits per heavy atom. The van der Waals surface area contributed by atoms with Crippen LogP contribution in [0.25, 0.3) is 22.4 Å². The second-order valence-corrected chi connectivity index (χ2v) is 13.9. The van der Waals surface area contributed by atoms with Crippen molar-refractivity contribution in [3.63, 3.8) is 0 Å². The minimum absolute atomic E-state index is 0.0193. The van der Waals surface area contributed by atoms with Gasteiger partial charge in [-0.15, -0.1) is 0 Å². The number of carbonyl (C=O) groups is 2. The number of H-pyrrole nitrogens is 1. The highest BCUT2D eigenvalue weighted by molar-refractivity contribution is 7.90. The molecule has 1 aliphatic carbocycles. The molecule has 2 amide bonds. The van der Waals surface area contributed by atoms with Crippen LogP contribution in [0.2, 0.25) is 0 Å². The number of carbonyl (C=O) groups excluding carboxylic acids is 2. The van der Waals surface area contributed by atoms with Crippen LogP contribution in [0, 0.1) is 0 Å². The number of hydrogen-bond donors (Lipinski definition) is 2. The highest BCUT2D eigenvalue weighted by Crippen LogP contribution is 2.47. The third-order valence-corrected chi connectivity index (χ3v) is 9.97.